The summed E-state index contributed by atoms with van der Waals surface area (Å²) in [5.74, 6) is 1.02. The number of aliphatic hydroxyl groups excluding tert-OH is 1. The van der Waals surface area contributed by atoms with Gasteiger partial charge in [-0.1, -0.05) is 351 Å². The van der Waals surface area contributed by atoms with Gasteiger partial charge in [0.1, 0.15) is 19.3 Å². The molecule has 0 aliphatic rings. The lowest BCUT2D eigenvalue weighted by atomic mass is 9.99. The Hall–Kier alpha value is -1.94. The minimum atomic E-state index is -4.96. The minimum Gasteiger partial charge on any atom is -0.462 e. The molecular weight excluding hydrogens is 1280 g/mol. The lowest BCUT2D eigenvalue weighted by molar-refractivity contribution is -0.161. The molecule has 0 aromatic rings. The minimum absolute atomic E-state index is 0.104. The zero-order valence-corrected chi connectivity index (χ0v) is 66.2. The fourth-order valence-corrected chi connectivity index (χ4v) is 13.6. The van der Waals surface area contributed by atoms with Crippen LogP contribution in [-0.2, 0) is 65.4 Å². The predicted octanol–water partition coefficient (Wildman–Crippen LogP) is 23.2. The third-order valence-corrected chi connectivity index (χ3v) is 20.9. The second-order valence-corrected chi connectivity index (χ2v) is 32.8. The highest BCUT2D eigenvalue weighted by Gasteiger charge is 2.30. The molecule has 7 atom stereocenters. The quantitative estimate of drug-likeness (QED) is 0.0222. The van der Waals surface area contributed by atoms with E-state index >= 15 is 0 Å². The summed E-state index contributed by atoms with van der Waals surface area (Å²) in [6.45, 7) is 14.3. The van der Waals surface area contributed by atoms with Crippen molar-refractivity contribution in [3.63, 3.8) is 0 Å². The molecule has 17 nitrogen and oxygen atoms in total. The van der Waals surface area contributed by atoms with Gasteiger partial charge in [-0.2, -0.15) is 0 Å². The summed E-state index contributed by atoms with van der Waals surface area (Å²) in [6, 6.07) is 0. The molecule has 0 bridgehead atoms. The number of phosphoric ester groups is 2. The highest BCUT2D eigenvalue weighted by atomic mass is 31.2. The van der Waals surface area contributed by atoms with Crippen LogP contribution in [0.3, 0.4) is 0 Å². The smallest absolute Gasteiger partial charge is 0.462 e. The lowest BCUT2D eigenvalue weighted by Gasteiger charge is -2.21. The van der Waals surface area contributed by atoms with Crippen molar-refractivity contribution in [3.05, 3.63) is 0 Å². The second-order valence-electron chi connectivity index (χ2n) is 29.9. The average molecular weight is 1440 g/mol. The molecule has 0 aliphatic carbocycles. The third-order valence-electron chi connectivity index (χ3n) is 19.0. The lowest BCUT2D eigenvalue weighted by Crippen LogP contribution is -2.30. The van der Waals surface area contributed by atoms with E-state index in [1.54, 1.807) is 0 Å². The van der Waals surface area contributed by atoms with Crippen molar-refractivity contribution in [3.8, 4) is 0 Å². The van der Waals surface area contributed by atoms with E-state index in [4.69, 9.17) is 37.0 Å². The van der Waals surface area contributed by atoms with E-state index in [0.717, 1.165) is 114 Å². The van der Waals surface area contributed by atoms with E-state index in [1.165, 1.54) is 205 Å². The fraction of sp³-hybridized carbons (Fsp3) is 0.949. The molecule has 0 aliphatic heterocycles. The van der Waals surface area contributed by atoms with Crippen molar-refractivity contribution in [2.24, 2.45) is 23.7 Å². The molecular formula is C79H154O17P2. The molecule has 3 N–H and O–H groups in total. The van der Waals surface area contributed by atoms with Crippen LogP contribution in [0.4, 0.5) is 0 Å². The molecule has 19 heteroatoms. The predicted molar refractivity (Wildman–Crippen MR) is 400 cm³/mol. The number of carbonyl (C=O) groups is 4. The van der Waals surface area contributed by atoms with Crippen molar-refractivity contribution in [1.82, 2.24) is 0 Å². The van der Waals surface area contributed by atoms with Gasteiger partial charge in [0.2, 0.25) is 0 Å². The van der Waals surface area contributed by atoms with E-state index in [-0.39, 0.29) is 25.7 Å². The molecule has 582 valence electrons. The molecule has 0 saturated heterocycles. The SMILES string of the molecule is CCC(C)CCCCCCCCCCC(=O)OC[C@H](COP(=O)(O)OC[C@H](O)COP(=O)(O)OC[C@@H](COC(=O)CCCCCCCCCCCCCCCCC(C)C)OC(=O)CCCCCCCCCCCCCCCCC(C)C)OC(=O)CCCCCCCCCCC(C)CC. The molecule has 98 heavy (non-hydrogen) atoms. The summed E-state index contributed by atoms with van der Waals surface area (Å²) in [5.41, 5.74) is 0. The Kier molecular flexibility index (Phi) is 66.8. The fourth-order valence-electron chi connectivity index (χ4n) is 12.0. The van der Waals surface area contributed by atoms with E-state index in [2.05, 4.69) is 55.4 Å². The van der Waals surface area contributed by atoms with E-state index in [1.807, 2.05) is 0 Å². The van der Waals surface area contributed by atoms with Crippen molar-refractivity contribution in [2.75, 3.05) is 39.6 Å². The van der Waals surface area contributed by atoms with Crippen LogP contribution in [0.5, 0.6) is 0 Å². The number of hydrogen-bond donors (Lipinski definition) is 3. The first-order valence-corrected chi connectivity index (χ1v) is 43.8. The van der Waals surface area contributed by atoms with E-state index in [0.29, 0.717) is 25.7 Å². The first-order valence-electron chi connectivity index (χ1n) is 40.8. The van der Waals surface area contributed by atoms with Crippen LogP contribution < -0.4 is 0 Å². The van der Waals surface area contributed by atoms with Gasteiger partial charge in [-0.3, -0.25) is 37.3 Å². The van der Waals surface area contributed by atoms with Crippen LogP contribution in [-0.4, -0.2) is 96.7 Å². The Balaban J connectivity index is 5.27. The molecule has 0 saturated carbocycles. The Labute approximate surface area is 600 Å². The summed E-state index contributed by atoms with van der Waals surface area (Å²) in [7, 11) is -9.92. The third kappa shape index (κ3) is 69.8. The number of phosphoric acid groups is 2. The van der Waals surface area contributed by atoms with Gasteiger partial charge >= 0.3 is 39.5 Å². The normalized spacial score (nSPS) is 14.6. The highest BCUT2D eigenvalue weighted by molar-refractivity contribution is 7.47. The van der Waals surface area contributed by atoms with Crippen LogP contribution in [0.15, 0.2) is 0 Å². The van der Waals surface area contributed by atoms with Gasteiger partial charge in [0.05, 0.1) is 26.4 Å². The molecule has 0 fully saturated rings. The Morgan fingerprint density at radius 3 is 0.724 bits per heavy atom. The van der Waals surface area contributed by atoms with Crippen LogP contribution in [0, 0.1) is 23.7 Å². The van der Waals surface area contributed by atoms with E-state index in [9.17, 15) is 43.2 Å². The van der Waals surface area contributed by atoms with Crippen LogP contribution in [0.1, 0.15) is 402 Å². The van der Waals surface area contributed by atoms with Gasteiger partial charge in [0.25, 0.3) is 0 Å². The average Bonchev–Trinajstić information content (AvgIpc) is 1.25. The van der Waals surface area contributed by atoms with Crippen LogP contribution in [0.2, 0.25) is 0 Å². The molecule has 0 radical (unpaired) electrons. The second kappa shape index (κ2) is 68.2. The molecule has 0 amide bonds. The summed E-state index contributed by atoms with van der Waals surface area (Å²) >= 11 is 0. The van der Waals surface area contributed by atoms with Crippen LogP contribution >= 0.6 is 15.6 Å². The maximum Gasteiger partial charge on any atom is 0.472 e. The first-order chi connectivity index (χ1) is 47.2. The zero-order chi connectivity index (χ0) is 72.4. The van der Waals surface area contributed by atoms with Gasteiger partial charge in [-0.05, 0) is 49.4 Å². The van der Waals surface area contributed by atoms with Crippen molar-refractivity contribution in [1.29, 1.82) is 0 Å². The number of carbonyl (C=O) groups excluding carboxylic acids is 4. The number of unbranched alkanes of at least 4 members (excludes halogenated alkanes) is 40. The summed E-state index contributed by atoms with van der Waals surface area (Å²) in [5, 5.41) is 10.6. The van der Waals surface area contributed by atoms with Crippen molar-refractivity contribution < 1.29 is 80.2 Å². The molecule has 0 aromatic heterocycles. The molecule has 0 rings (SSSR count). The molecule has 0 heterocycles. The number of aliphatic hydroxyl groups is 1. The number of hydrogen-bond acceptors (Lipinski definition) is 15. The topological polar surface area (TPSA) is 237 Å². The maximum atomic E-state index is 13.1. The van der Waals surface area contributed by atoms with Gasteiger partial charge in [-0.15, -0.1) is 0 Å². The van der Waals surface area contributed by atoms with Gasteiger partial charge in [-0.25, -0.2) is 9.13 Å². The first kappa shape index (κ1) is 96.1. The number of rotatable bonds is 76. The van der Waals surface area contributed by atoms with Gasteiger partial charge in [0.15, 0.2) is 12.2 Å². The summed E-state index contributed by atoms with van der Waals surface area (Å²) < 4.78 is 68.7. The monoisotopic (exact) mass is 1440 g/mol. The summed E-state index contributed by atoms with van der Waals surface area (Å²) in [4.78, 5) is 73.0. The standard InChI is InChI=1S/C79H154O17P2/c1-9-71(7)57-49-41-33-27-29-36-44-52-60-77(82)90-66-75(96-79(84)62-54-46-38-30-28-34-42-50-58-72(8)10-2)68-94-98(87,88)92-64-73(80)63-91-97(85,86)93-67-74(95-78(83)61-53-45-37-26-22-18-14-12-16-20-24-32-40-48-56-70(5)6)65-89-76(81)59-51-43-35-25-21-17-13-11-15-19-23-31-39-47-55-69(3)4/h69-75,80H,9-68H2,1-8H3,(H,85,86)(H,87,88)/t71?,72?,73-,74-,75-/m1/s1. The highest BCUT2D eigenvalue weighted by Crippen LogP contribution is 2.45. The van der Waals surface area contributed by atoms with Crippen molar-refractivity contribution in [2.45, 2.75) is 420 Å². The molecule has 4 unspecified atom stereocenters. The zero-order valence-electron chi connectivity index (χ0n) is 64.4. The Morgan fingerprint density at radius 1 is 0.286 bits per heavy atom. The Bertz CT molecular complexity index is 1920. The number of esters is 4. The van der Waals surface area contributed by atoms with Gasteiger partial charge in [0, 0.05) is 25.7 Å². The molecule has 0 spiro atoms. The Morgan fingerprint density at radius 2 is 0.490 bits per heavy atom. The molecule has 0 aromatic carbocycles. The van der Waals surface area contributed by atoms with Gasteiger partial charge < -0.3 is 33.8 Å². The summed E-state index contributed by atoms with van der Waals surface area (Å²) in [6.07, 6.45) is 54.0. The van der Waals surface area contributed by atoms with E-state index < -0.39 is 97.5 Å². The number of ether oxygens (including phenoxy) is 4. The van der Waals surface area contributed by atoms with Crippen LogP contribution in [0.25, 0.3) is 0 Å². The largest absolute Gasteiger partial charge is 0.472 e. The van der Waals surface area contributed by atoms with Crippen molar-refractivity contribution >= 4 is 39.5 Å². The maximum absolute atomic E-state index is 13.1.